The molecule has 5 rings (SSSR count). The molecule has 52 heavy (non-hydrogen) atoms. The molecule has 13 heteroatoms. The number of nitrogens with zero attached hydrogens (tertiary/aromatic N) is 2. The topological polar surface area (TPSA) is 110 Å². The van der Waals surface area contributed by atoms with Gasteiger partial charge in [0, 0.05) is 58.8 Å². The molecule has 3 heterocycles. The number of aromatic nitrogens is 2. The zero-order chi connectivity index (χ0) is 36.9. The van der Waals surface area contributed by atoms with Crippen LogP contribution in [0.1, 0.15) is 33.9 Å². The number of rotatable bonds is 6. The second kappa shape index (κ2) is 19.5. The van der Waals surface area contributed by atoms with E-state index >= 15 is 0 Å². The molecule has 4 aromatic rings. The third-order valence-corrected chi connectivity index (χ3v) is 8.88. The Bertz CT molecular complexity index is 1850. The Kier molecular flexibility index (Phi) is 14.6. The first kappa shape index (κ1) is 39.0. The van der Waals surface area contributed by atoms with Crippen LogP contribution < -0.4 is 26.1 Å². The van der Waals surface area contributed by atoms with E-state index in [1.54, 1.807) is 19.2 Å². The van der Waals surface area contributed by atoms with E-state index in [0.717, 1.165) is 54.4 Å². The average molecular weight is 719 g/mol. The summed E-state index contributed by atoms with van der Waals surface area (Å²) in [5.41, 5.74) is 14.3. The third-order valence-electron chi connectivity index (χ3n) is 8.88. The van der Waals surface area contributed by atoms with Gasteiger partial charge in [-0.3, -0.25) is 8.63 Å². The Morgan fingerprint density at radius 2 is 1.23 bits per heavy atom. The summed E-state index contributed by atoms with van der Waals surface area (Å²) < 4.78 is 58.0. The van der Waals surface area contributed by atoms with Gasteiger partial charge >= 0.3 is 7.40 Å². The van der Waals surface area contributed by atoms with Gasteiger partial charge in [0.05, 0.1) is 71.8 Å². The van der Waals surface area contributed by atoms with Crippen LogP contribution in [0.25, 0.3) is 11.3 Å². The van der Waals surface area contributed by atoms with E-state index < -0.39 is 7.40 Å². The third kappa shape index (κ3) is 10.6. The minimum atomic E-state index is -2.67. The number of nitrogens with one attached hydrogen (secondary N) is 2. The first-order valence-corrected chi connectivity index (χ1v) is 17.8. The highest BCUT2D eigenvalue weighted by Crippen LogP contribution is 2.29. The van der Waals surface area contributed by atoms with Gasteiger partial charge in [-0.05, 0) is 68.3 Å². The predicted octanol–water partition coefficient (Wildman–Crippen LogP) is 2.52. The Morgan fingerprint density at radius 3 is 1.73 bits per heavy atom. The van der Waals surface area contributed by atoms with Crippen LogP contribution in [0, 0.1) is 27.7 Å². The molecule has 0 spiro atoms. The highest BCUT2D eigenvalue weighted by Gasteiger charge is 2.27. The van der Waals surface area contributed by atoms with E-state index in [1.165, 1.54) is 0 Å². The Hall–Kier alpha value is -4.27. The molecule has 0 unspecified atom stereocenters. The largest absolute Gasteiger partial charge is 0.677 e. The van der Waals surface area contributed by atoms with Crippen molar-refractivity contribution in [3.05, 3.63) is 105 Å². The maximum atomic E-state index is 14.3. The molecule has 0 amide bonds. The summed E-state index contributed by atoms with van der Waals surface area (Å²) in [4.78, 5) is 8.94. The van der Waals surface area contributed by atoms with Gasteiger partial charge in [-0.15, -0.1) is 0 Å². The second-order valence-electron chi connectivity index (χ2n) is 12.8. The fourth-order valence-electron chi connectivity index (χ4n) is 6.32. The molecule has 10 nitrogen and oxygen atoms in total. The van der Waals surface area contributed by atoms with E-state index in [4.69, 9.17) is 29.4 Å². The van der Waals surface area contributed by atoms with Crippen LogP contribution in [0.5, 0.6) is 0 Å². The summed E-state index contributed by atoms with van der Waals surface area (Å²) >= 11 is 0. The van der Waals surface area contributed by atoms with Crippen LogP contribution in [0.4, 0.5) is 20.0 Å². The summed E-state index contributed by atoms with van der Waals surface area (Å²) in [6, 6.07) is 19.6. The van der Waals surface area contributed by atoms with E-state index in [0.29, 0.717) is 96.2 Å². The highest BCUT2D eigenvalue weighted by atomic mass is 19.2. The number of hydrogen-bond acceptors (Lipinski definition) is 7. The van der Waals surface area contributed by atoms with Crippen LogP contribution in [0.3, 0.4) is 0 Å². The lowest BCUT2D eigenvalue weighted by Crippen LogP contribution is -2.62. The molecule has 0 radical (unpaired) electrons. The minimum absolute atomic E-state index is 0.495. The molecule has 0 saturated carbocycles. The zero-order valence-corrected chi connectivity index (χ0v) is 30.7. The minimum Gasteiger partial charge on any atom is -0.393 e. The van der Waals surface area contributed by atoms with Crippen molar-refractivity contribution >= 4 is 36.3 Å². The molecular weight excluding hydrogens is 667 g/mol. The van der Waals surface area contributed by atoms with Gasteiger partial charge in [0.15, 0.2) is 6.21 Å². The van der Waals surface area contributed by atoms with Crippen LogP contribution in [0.2, 0.25) is 0 Å². The van der Waals surface area contributed by atoms with E-state index in [9.17, 15) is 8.63 Å². The van der Waals surface area contributed by atoms with Crippen LogP contribution >= 0.6 is 0 Å². The van der Waals surface area contributed by atoms with Crippen molar-refractivity contribution in [1.82, 2.24) is 9.46 Å². The summed E-state index contributed by atoms with van der Waals surface area (Å²) in [5, 5.41) is 1.61. The molecule has 0 aliphatic carbocycles. The lowest BCUT2D eigenvalue weighted by atomic mass is 9.98. The number of nitrogens with two attached hydrogens (primary N) is 1. The van der Waals surface area contributed by atoms with Crippen molar-refractivity contribution in [2.45, 2.75) is 27.7 Å². The zero-order valence-electron chi connectivity index (χ0n) is 30.7. The van der Waals surface area contributed by atoms with Gasteiger partial charge in [-0.2, -0.15) is 0 Å². The van der Waals surface area contributed by atoms with Crippen molar-refractivity contribution in [2.75, 3.05) is 84.1 Å². The Balaban J connectivity index is 1.33. The van der Waals surface area contributed by atoms with E-state index in [1.807, 2.05) is 63.2 Å². The SMILES string of the molecule is Cc1cc(C)c(C(c2c(C)cc(C)n2B(F)F)=c2ccc(=C(N)C=[NH+]c3ccc(N4CCOCCOCCOCCOCCOCC4)cc3)cc2)[nH]1. The number of hydrogen-bond donors (Lipinski definition) is 3. The molecule has 0 bridgehead atoms. The van der Waals surface area contributed by atoms with Gasteiger partial charge in [0.1, 0.15) is 5.70 Å². The van der Waals surface area contributed by atoms with Crippen molar-refractivity contribution in [1.29, 1.82) is 0 Å². The molecule has 278 valence electrons. The normalized spacial score (nSPS) is 16.1. The van der Waals surface area contributed by atoms with E-state index in [-0.39, 0.29) is 0 Å². The number of benzene rings is 2. The Morgan fingerprint density at radius 1 is 0.712 bits per heavy atom. The van der Waals surface area contributed by atoms with Crippen LogP contribution in [-0.2, 0) is 23.7 Å². The van der Waals surface area contributed by atoms with Gasteiger partial charge in [0.2, 0.25) is 5.69 Å². The molecule has 1 fully saturated rings. The standard InChI is InChI=1S/C39H50BF2N5O5/c1-28-25-30(3)45-38(28)37(39-29(2)26-31(4)47(39)40(41)42)33-7-5-32(6-8-33)36(43)27-44-34-9-11-35(12-10-34)46-13-15-48-17-19-50-21-23-52-24-22-51-20-18-49-16-14-46/h5-12,25-27,45H,13-24,43H2,1-4H3/p+1. The molecule has 1 aliphatic rings. The molecule has 1 aliphatic heterocycles. The lowest BCUT2D eigenvalue weighted by Gasteiger charge is -2.24. The molecule has 2 aromatic heterocycles. The molecule has 1 saturated heterocycles. The molecule has 4 N–H and O–H groups in total. The number of ether oxygens (including phenoxy) is 5. The van der Waals surface area contributed by atoms with Crippen LogP contribution in [0.15, 0.2) is 60.7 Å². The predicted molar refractivity (Wildman–Crippen MR) is 202 cm³/mol. The highest BCUT2D eigenvalue weighted by molar-refractivity contribution is 6.41. The Labute approximate surface area is 305 Å². The van der Waals surface area contributed by atoms with Crippen molar-refractivity contribution in [3.63, 3.8) is 0 Å². The van der Waals surface area contributed by atoms with Crippen molar-refractivity contribution in [2.24, 2.45) is 5.73 Å². The molecular formula is C39H51BF2N5O5+. The number of H-pyrrole nitrogens is 1. The fourth-order valence-corrected chi connectivity index (χ4v) is 6.32. The quantitative estimate of drug-likeness (QED) is 0.208. The van der Waals surface area contributed by atoms with Crippen molar-refractivity contribution in [3.8, 4) is 0 Å². The van der Waals surface area contributed by atoms with Gasteiger partial charge in [-0.1, -0.05) is 24.3 Å². The molecule has 2 aromatic carbocycles. The first-order chi connectivity index (χ1) is 25.2. The van der Waals surface area contributed by atoms with Gasteiger partial charge in [-0.25, -0.2) is 4.99 Å². The monoisotopic (exact) mass is 718 g/mol. The average Bonchev–Trinajstić information content (AvgIpc) is 3.62. The summed E-state index contributed by atoms with van der Waals surface area (Å²) in [5.74, 6) is 0. The summed E-state index contributed by atoms with van der Waals surface area (Å²) in [6.45, 7) is 14.3. The van der Waals surface area contributed by atoms with Gasteiger partial charge in [0.25, 0.3) is 0 Å². The van der Waals surface area contributed by atoms with Crippen LogP contribution in [-0.4, -0.2) is 102 Å². The summed E-state index contributed by atoms with van der Waals surface area (Å²) in [7, 11) is -2.67. The lowest BCUT2D eigenvalue weighted by molar-refractivity contribution is -0.346. The maximum absolute atomic E-state index is 14.3. The number of anilines is 1. The van der Waals surface area contributed by atoms with Crippen molar-refractivity contribution < 1.29 is 37.3 Å². The second-order valence-corrected chi connectivity index (χ2v) is 12.8. The maximum Gasteiger partial charge on any atom is 0.677 e. The smallest absolute Gasteiger partial charge is 0.393 e. The first-order valence-electron chi connectivity index (χ1n) is 17.8. The summed E-state index contributed by atoms with van der Waals surface area (Å²) in [6.07, 6.45) is 1.76. The fraction of sp³-hybridized carbons (Fsp3) is 0.410. The number of halogens is 2. The number of aromatic amines is 1. The van der Waals surface area contributed by atoms with Gasteiger partial charge < -0.3 is 43.8 Å². The van der Waals surface area contributed by atoms with E-state index in [2.05, 4.69) is 27.0 Å². The molecule has 0 atom stereocenters. The number of aryl methyl sites for hydroxylation is 4.